The van der Waals surface area contributed by atoms with Gasteiger partial charge in [-0.25, -0.2) is 9.78 Å². The Kier molecular flexibility index (Phi) is 2.91. The maximum absolute atomic E-state index is 10.5. The molecule has 0 amide bonds. The van der Waals surface area contributed by atoms with Crippen LogP contribution in [0.2, 0.25) is 0 Å². The Labute approximate surface area is 114 Å². The highest BCUT2D eigenvalue weighted by atomic mass is 32.1. The summed E-state index contributed by atoms with van der Waals surface area (Å²) in [7, 11) is 0. The molecule has 19 heavy (non-hydrogen) atoms. The van der Waals surface area contributed by atoms with E-state index in [-0.39, 0.29) is 12.2 Å². The number of thiazole rings is 1. The number of para-hydroxylation sites is 1. The zero-order chi connectivity index (χ0) is 13.5. The Hall–Kier alpha value is -1.66. The molecule has 100 valence electrons. The Bertz CT molecular complexity index is 586. The molecule has 1 aromatic carbocycles. The van der Waals surface area contributed by atoms with Gasteiger partial charge in [-0.3, -0.25) is 0 Å². The van der Waals surface area contributed by atoms with Gasteiger partial charge in [-0.15, -0.1) is 0 Å². The molecule has 0 unspecified atom stereocenters. The van der Waals surface area contributed by atoms with Crippen LogP contribution in [0.15, 0.2) is 24.3 Å². The van der Waals surface area contributed by atoms with E-state index in [2.05, 4.69) is 16.0 Å². The molecular formula is C13H14N2O3S. The van der Waals surface area contributed by atoms with Crippen molar-refractivity contribution in [1.29, 1.82) is 0 Å². The molecule has 0 atom stereocenters. The van der Waals surface area contributed by atoms with Crippen LogP contribution in [0.4, 0.5) is 5.13 Å². The highest BCUT2D eigenvalue weighted by Gasteiger charge is 2.41. The number of hydrogen-bond donors (Lipinski definition) is 1. The molecule has 5 nitrogen and oxygen atoms in total. The lowest BCUT2D eigenvalue weighted by Crippen LogP contribution is -2.62. The van der Waals surface area contributed by atoms with Crippen molar-refractivity contribution in [2.45, 2.75) is 12.5 Å². The second kappa shape index (κ2) is 4.47. The minimum absolute atomic E-state index is 0.246. The van der Waals surface area contributed by atoms with Crippen LogP contribution in [-0.4, -0.2) is 41.4 Å². The lowest BCUT2D eigenvalue weighted by molar-refractivity contribution is -0.150. The molecule has 0 aliphatic carbocycles. The molecule has 1 saturated heterocycles. The van der Waals surface area contributed by atoms with Gasteiger partial charge in [0.05, 0.1) is 23.3 Å². The van der Waals surface area contributed by atoms with E-state index in [1.807, 2.05) is 25.1 Å². The van der Waals surface area contributed by atoms with Crippen molar-refractivity contribution in [1.82, 2.24) is 4.98 Å². The van der Waals surface area contributed by atoms with E-state index < -0.39 is 5.97 Å². The van der Waals surface area contributed by atoms with E-state index in [0.717, 1.165) is 15.3 Å². The highest BCUT2D eigenvalue weighted by Crippen LogP contribution is 2.35. The predicted octanol–water partition coefficient (Wildman–Crippen LogP) is 1.98. The SMILES string of the molecule is CC1(OCC(=O)O)CN(c2nc3ccccc3s2)C1. The monoisotopic (exact) mass is 278 g/mol. The predicted molar refractivity (Wildman–Crippen MR) is 73.8 cm³/mol. The summed E-state index contributed by atoms with van der Waals surface area (Å²) in [6.07, 6.45) is 0. The van der Waals surface area contributed by atoms with E-state index >= 15 is 0 Å². The molecule has 1 fully saturated rings. The summed E-state index contributed by atoms with van der Waals surface area (Å²) >= 11 is 1.65. The number of hydrogen-bond acceptors (Lipinski definition) is 5. The summed E-state index contributed by atoms with van der Waals surface area (Å²) in [5.74, 6) is -0.931. The standard InChI is InChI=1S/C13H14N2O3S/c1-13(18-6-11(16)17)7-15(8-13)12-14-9-4-2-3-5-10(9)19-12/h2-5H,6-8H2,1H3,(H,16,17). The third-order valence-corrected chi connectivity index (χ3v) is 4.25. The van der Waals surface area contributed by atoms with Gasteiger partial charge in [-0.2, -0.15) is 0 Å². The van der Waals surface area contributed by atoms with Crippen LogP contribution in [0.3, 0.4) is 0 Å². The molecule has 1 aromatic heterocycles. The summed E-state index contributed by atoms with van der Waals surface area (Å²) in [5.41, 5.74) is 0.624. The van der Waals surface area contributed by atoms with Crippen LogP contribution in [-0.2, 0) is 9.53 Å². The molecule has 2 aromatic rings. The van der Waals surface area contributed by atoms with Gasteiger partial charge in [0.15, 0.2) is 5.13 Å². The fourth-order valence-corrected chi connectivity index (χ4v) is 3.18. The molecule has 2 heterocycles. The molecule has 0 saturated carbocycles. The number of fused-ring (bicyclic) bond motifs is 1. The summed E-state index contributed by atoms with van der Waals surface area (Å²) in [6, 6.07) is 8.02. The third-order valence-electron chi connectivity index (χ3n) is 3.15. The fraction of sp³-hybridized carbons (Fsp3) is 0.385. The van der Waals surface area contributed by atoms with Crippen molar-refractivity contribution in [2.75, 3.05) is 24.6 Å². The molecule has 0 radical (unpaired) electrons. The first-order chi connectivity index (χ1) is 9.06. The van der Waals surface area contributed by atoms with Gasteiger partial charge in [0, 0.05) is 0 Å². The van der Waals surface area contributed by atoms with E-state index in [4.69, 9.17) is 9.84 Å². The number of benzene rings is 1. The maximum atomic E-state index is 10.5. The van der Waals surface area contributed by atoms with Crippen LogP contribution in [0, 0.1) is 0 Å². The normalized spacial score (nSPS) is 17.4. The van der Waals surface area contributed by atoms with Gasteiger partial charge in [-0.05, 0) is 19.1 Å². The Morgan fingerprint density at radius 3 is 2.95 bits per heavy atom. The highest BCUT2D eigenvalue weighted by molar-refractivity contribution is 7.22. The Morgan fingerprint density at radius 2 is 2.26 bits per heavy atom. The first-order valence-corrected chi connectivity index (χ1v) is 6.84. The minimum Gasteiger partial charge on any atom is -0.480 e. The first kappa shape index (κ1) is 12.4. The number of carboxylic acids is 1. The van der Waals surface area contributed by atoms with Crippen molar-refractivity contribution < 1.29 is 14.6 Å². The number of ether oxygens (including phenoxy) is 1. The number of carbonyl (C=O) groups is 1. The average Bonchev–Trinajstić information content (AvgIpc) is 2.76. The molecular weight excluding hydrogens is 264 g/mol. The van der Waals surface area contributed by atoms with Crippen molar-refractivity contribution in [3.8, 4) is 0 Å². The molecule has 0 spiro atoms. The van der Waals surface area contributed by atoms with Crippen LogP contribution in [0.25, 0.3) is 10.2 Å². The molecule has 6 heteroatoms. The first-order valence-electron chi connectivity index (χ1n) is 6.02. The largest absolute Gasteiger partial charge is 0.480 e. The number of aliphatic carboxylic acids is 1. The molecule has 1 aliphatic heterocycles. The summed E-state index contributed by atoms with van der Waals surface area (Å²) in [4.78, 5) is 17.2. The number of carboxylic acid groups (broad SMARTS) is 1. The van der Waals surface area contributed by atoms with Crippen LogP contribution in [0.5, 0.6) is 0 Å². The maximum Gasteiger partial charge on any atom is 0.329 e. The second-order valence-electron chi connectivity index (χ2n) is 4.95. The third kappa shape index (κ3) is 2.41. The van der Waals surface area contributed by atoms with Gasteiger partial charge in [0.2, 0.25) is 0 Å². The smallest absolute Gasteiger partial charge is 0.329 e. The van der Waals surface area contributed by atoms with E-state index in [1.54, 1.807) is 11.3 Å². The zero-order valence-corrected chi connectivity index (χ0v) is 11.3. The van der Waals surface area contributed by atoms with Crippen molar-refractivity contribution in [3.05, 3.63) is 24.3 Å². The topological polar surface area (TPSA) is 62.7 Å². The summed E-state index contributed by atoms with van der Waals surface area (Å²) in [6.45, 7) is 3.05. The van der Waals surface area contributed by atoms with Crippen molar-refractivity contribution >= 4 is 32.7 Å². The second-order valence-corrected chi connectivity index (χ2v) is 5.96. The fourth-order valence-electron chi connectivity index (χ4n) is 2.22. The zero-order valence-electron chi connectivity index (χ0n) is 10.5. The minimum atomic E-state index is -0.931. The number of nitrogens with zero attached hydrogens (tertiary/aromatic N) is 2. The summed E-state index contributed by atoms with van der Waals surface area (Å²) in [5, 5.41) is 9.60. The van der Waals surface area contributed by atoms with Crippen LogP contribution in [0.1, 0.15) is 6.92 Å². The van der Waals surface area contributed by atoms with Crippen LogP contribution >= 0.6 is 11.3 Å². The van der Waals surface area contributed by atoms with Crippen LogP contribution < -0.4 is 4.90 Å². The van der Waals surface area contributed by atoms with Gasteiger partial charge >= 0.3 is 5.97 Å². The Balaban J connectivity index is 1.68. The van der Waals surface area contributed by atoms with E-state index in [1.165, 1.54) is 0 Å². The lowest BCUT2D eigenvalue weighted by atomic mass is 9.97. The van der Waals surface area contributed by atoms with Crippen molar-refractivity contribution in [3.63, 3.8) is 0 Å². The molecule has 1 N–H and O–H groups in total. The molecule has 0 bridgehead atoms. The summed E-state index contributed by atoms with van der Waals surface area (Å²) < 4.78 is 6.55. The Morgan fingerprint density at radius 1 is 1.53 bits per heavy atom. The molecule has 3 rings (SSSR count). The van der Waals surface area contributed by atoms with E-state index in [0.29, 0.717) is 13.1 Å². The number of anilines is 1. The van der Waals surface area contributed by atoms with Gasteiger partial charge in [0.1, 0.15) is 12.2 Å². The van der Waals surface area contributed by atoms with Gasteiger partial charge < -0.3 is 14.7 Å². The molecule has 1 aliphatic rings. The van der Waals surface area contributed by atoms with Gasteiger partial charge in [0.25, 0.3) is 0 Å². The van der Waals surface area contributed by atoms with Crippen molar-refractivity contribution in [2.24, 2.45) is 0 Å². The quantitative estimate of drug-likeness (QED) is 0.926. The van der Waals surface area contributed by atoms with Gasteiger partial charge in [-0.1, -0.05) is 23.5 Å². The lowest BCUT2D eigenvalue weighted by Gasteiger charge is -2.47. The number of aromatic nitrogens is 1. The van der Waals surface area contributed by atoms with E-state index in [9.17, 15) is 4.79 Å². The number of rotatable bonds is 4. The average molecular weight is 278 g/mol.